The van der Waals surface area contributed by atoms with Gasteiger partial charge in [0.05, 0.1) is 21.3 Å². The van der Waals surface area contributed by atoms with Crippen molar-refractivity contribution in [3.05, 3.63) is 11.6 Å². The van der Waals surface area contributed by atoms with Crippen molar-refractivity contribution in [2.24, 2.45) is 0 Å². The van der Waals surface area contributed by atoms with Crippen molar-refractivity contribution in [1.29, 1.82) is 5.26 Å². The zero-order valence-corrected chi connectivity index (χ0v) is 8.70. The number of nitriles is 1. The van der Waals surface area contributed by atoms with Gasteiger partial charge in [-0.25, -0.2) is 0 Å². The van der Waals surface area contributed by atoms with Gasteiger partial charge in [0.15, 0.2) is 11.5 Å². The topological polar surface area (TPSA) is 71.7 Å². The Morgan fingerprint density at radius 2 is 1.73 bits per heavy atom. The SMILES string of the molecule is COc1cc(C#N)c(O)c(OC)c1OC. The van der Waals surface area contributed by atoms with E-state index < -0.39 is 0 Å². The lowest BCUT2D eigenvalue weighted by Gasteiger charge is -2.13. The highest BCUT2D eigenvalue weighted by Gasteiger charge is 2.19. The summed E-state index contributed by atoms with van der Waals surface area (Å²) >= 11 is 0. The van der Waals surface area contributed by atoms with Gasteiger partial charge in [-0.3, -0.25) is 0 Å². The van der Waals surface area contributed by atoms with Crippen molar-refractivity contribution in [2.45, 2.75) is 0 Å². The fourth-order valence-electron chi connectivity index (χ4n) is 1.23. The fraction of sp³-hybridized carbons (Fsp3) is 0.300. The summed E-state index contributed by atoms with van der Waals surface area (Å²) in [4.78, 5) is 0. The Kier molecular flexibility index (Phi) is 3.24. The molecule has 0 aliphatic carbocycles. The first-order valence-corrected chi connectivity index (χ1v) is 4.11. The van der Waals surface area contributed by atoms with Gasteiger partial charge < -0.3 is 19.3 Å². The maximum absolute atomic E-state index is 9.64. The molecule has 5 nitrogen and oxygen atoms in total. The van der Waals surface area contributed by atoms with Crippen LogP contribution in [0.25, 0.3) is 0 Å². The van der Waals surface area contributed by atoms with E-state index >= 15 is 0 Å². The summed E-state index contributed by atoms with van der Waals surface area (Å²) in [5, 5.41) is 18.4. The highest BCUT2D eigenvalue weighted by atomic mass is 16.5. The maximum Gasteiger partial charge on any atom is 0.208 e. The molecule has 0 saturated carbocycles. The third-order valence-corrected chi connectivity index (χ3v) is 1.92. The van der Waals surface area contributed by atoms with Gasteiger partial charge >= 0.3 is 0 Å². The van der Waals surface area contributed by atoms with Crippen molar-refractivity contribution in [1.82, 2.24) is 0 Å². The van der Waals surface area contributed by atoms with Crippen LogP contribution in [0.3, 0.4) is 0 Å². The standard InChI is InChI=1S/C10H11NO4/c1-13-7-4-6(5-11)8(12)10(15-3)9(7)14-2/h4,12H,1-3H3. The van der Waals surface area contributed by atoms with Gasteiger partial charge in [-0.05, 0) is 0 Å². The Hall–Kier alpha value is -2.09. The summed E-state index contributed by atoms with van der Waals surface area (Å²) < 4.78 is 15.0. The fourth-order valence-corrected chi connectivity index (χ4v) is 1.23. The van der Waals surface area contributed by atoms with Crippen LogP contribution in [0.5, 0.6) is 23.0 Å². The van der Waals surface area contributed by atoms with E-state index in [-0.39, 0.29) is 22.8 Å². The van der Waals surface area contributed by atoms with Crippen molar-refractivity contribution in [2.75, 3.05) is 21.3 Å². The summed E-state index contributed by atoms with van der Waals surface area (Å²) in [6.07, 6.45) is 0. The lowest BCUT2D eigenvalue weighted by Crippen LogP contribution is -1.96. The van der Waals surface area contributed by atoms with Gasteiger partial charge in [-0.1, -0.05) is 0 Å². The minimum atomic E-state index is -0.252. The highest BCUT2D eigenvalue weighted by Crippen LogP contribution is 2.45. The third kappa shape index (κ3) is 1.74. The number of aromatic hydroxyl groups is 1. The van der Waals surface area contributed by atoms with Gasteiger partial charge in [0, 0.05) is 6.07 Å². The lowest BCUT2D eigenvalue weighted by molar-refractivity contribution is 0.310. The van der Waals surface area contributed by atoms with E-state index in [2.05, 4.69) is 0 Å². The molecule has 0 spiro atoms. The molecule has 1 rings (SSSR count). The Bertz CT molecular complexity index is 409. The molecular formula is C10H11NO4. The first-order valence-electron chi connectivity index (χ1n) is 4.11. The molecule has 0 saturated heterocycles. The Labute approximate surface area is 87.4 Å². The molecule has 0 heterocycles. The maximum atomic E-state index is 9.64. The molecule has 0 amide bonds. The molecule has 0 aliphatic heterocycles. The average molecular weight is 209 g/mol. The predicted molar refractivity (Wildman–Crippen MR) is 52.5 cm³/mol. The van der Waals surface area contributed by atoms with E-state index in [9.17, 15) is 5.11 Å². The van der Waals surface area contributed by atoms with E-state index in [1.54, 1.807) is 0 Å². The molecule has 0 bridgehead atoms. The molecule has 5 heteroatoms. The van der Waals surface area contributed by atoms with Crippen molar-refractivity contribution < 1.29 is 19.3 Å². The van der Waals surface area contributed by atoms with Crippen molar-refractivity contribution in [3.63, 3.8) is 0 Å². The number of methoxy groups -OCH3 is 3. The van der Waals surface area contributed by atoms with Crippen LogP contribution in [0.4, 0.5) is 0 Å². The molecule has 0 unspecified atom stereocenters. The minimum absolute atomic E-state index is 0.0736. The number of ether oxygens (including phenoxy) is 3. The van der Waals surface area contributed by atoms with Crippen LogP contribution in [0, 0.1) is 11.3 Å². The third-order valence-electron chi connectivity index (χ3n) is 1.92. The molecule has 1 aromatic rings. The van der Waals surface area contributed by atoms with Crippen LogP contribution >= 0.6 is 0 Å². The summed E-state index contributed by atoms with van der Waals surface area (Å²) in [6, 6.07) is 3.22. The number of benzene rings is 1. The second kappa shape index (κ2) is 4.42. The first-order chi connectivity index (χ1) is 7.19. The van der Waals surface area contributed by atoms with Crippen LogP contribution in [-0.2, 0) is 0 Å². The zero-order chi connectivity index (χ0) is 11.4. The number of hydrogen-bond acceptors (Lipinski definition) is 5. The van der Waals surface area contributed by atoms with Gasteiger partial charge in [-0.2, -0.15) is 5.26 Å². The Morgan fingerprint density at radius 1 is 1.13 bits per heavy atom. The van der Waals surface area contributed by atoms with Crippen LogP contribution in [0.2, 0.25) is 0 Å². The van der Waals surface area contributed by atoms with Crippen molar-refractivity contribution in [3.8, 4) is 29.1 Å². The quantitative estimate of drug-likeness (QED) is 0.812. The number of rotatable bonds is 3. The Morgan fingerprint density at radius 3 is 2.13 bits per heavy atom. The lowest BCUT2D eigenvalue weighted by atomic mass is 10.1. The summed E-state index contributed by atoms with van der Waals surface area (Å²) in [7, 11) is 4.24. The Balaban J connectivity index is 3.51. The van der Waals surface area contributed by atoms with Gasteiger partial charge in [0.2, 0.25) is 11.5 Å². The summed E-state index contributed by atoms with van der Waals surface area (Å²) in [6.45, 7) is 0. The molecule has 80 valence electrons. The smallest absolute Gasteiger partial charge is 0.208 e. The van der Waals surface area contributed by atoms with Crippen LogP contribution in [-0.4, -0.2) is 26.4 Å². The second-order valence-corrected chi connectivity index (χ2v) is 2.65. The van der Waals surface area contributed by atoms with E-state index in [1.807, 2.05) is 6.07 Å². The van der Waals surface area contributed by atoms with E-state index in [1.165, 1.54) is 27.4 Å². The molecule has 1 aromatic carbocycles. The second-order valence-electron chi connectivity index (χ2n) is 2.65. The summed E-state index contributed by atoms with van der Waals surface area (Å²) in [5.41, 5.74) is 0.0736. The molecular weight excluding hydrogens is 198 g/mol. The average Bonchev–Trinajstić information content (AvgIpc) is 2.28. The van der Waals surface area contributed by atoms with Crippen LogP contribution < -0.4 is 14.2 Å². The van der Waals surface area contributed by atoms with Gasteiger partial charge in [0.25, 0.3) is 0 Å². The molecule has 0 atom stereocenters. The predicted octanol–water partition coefficient (Wildman–Crippen LogP) is 1.29. The first kappa shape index (κ1) is 11.0. The number of hydrogen-bond donors (Lipinski definition) is 1. The number of phenols is 1. The summed E-state index contributed by atoms with van der Waals surface area (Å²) in [5.74, 6) is 0.436. The van der Waals surface area contributed by atoms with E-state index in [0.29, 0.717) is 5.75 Å². The molecule has 0 radical (unpaired) electrons. The molecule has 1 N–H and O–H groups in total. The van der Waals surface area contributed by atoms with Gasteiger partial charge in [0.1, 0.15) is 11.6 Å². The van der Waals surface area contributed by atoms with Crippen molar-refractivity contribution >= 4 is 0 Å². The number of phenolic OH excluding ortho intramolecular Hbond substituents is 1. The van der Waals surface area contributed by atoms with E-state index in [0.717, 1.165) is 0 Å². The van der Waals surface area contributed by atoms with Crippen LogP contribution in [0.1, 0.15) is 5.56 Å². The number of nitrogens with zero attached hydrogens (tertiary/aromatic N) is 1. The van der Waals surface area contributed by atoms with Crippen LogP contribution in [0.15, 0.2) is 6.07 Å². The largest absolute Gasteiger partial charge is 0.503 e. The van der Waals surface area contributed by atoms with Gasteiger partial charge in [-0.15, -0.1) is 0 Å². The monoisotopic (exact) mass is 209 g/mol. The van der Waals surface area contributed by atoms with E-state index in [4.69, 9.17) is 19.5 Å². The molecule has 15 heavy (non-hydrogen) atoms. The highest BCUT2D eigenvalue weighted by molar-refractivity contribution is 5.65. The molecule has 0 aliphatic rings. The minimum Gasteiger partial charge on any atom is -0.503 e. The molecule has 0 aromatic heterocycles. The normalized spacial score (nSPS) is 9.20. The zero-order valence-electron chi connectivity index (χ0n) is 8.70. The molecule has 0 fully saturated rings.